The van der Waals surface area contributed by atoms with E-state index in [1.807, 2.05) is 6.07 Å². The highest BCUT2D eigenvalue weighted by atomic mass is 16.4. The number of hydrogen-bond acceptors (Lipinski definition) is 2. The summed E-state index contributed by atoms with van der Waals surface area (Å²) in [7, 11) is 0. The smallest absolute Gasteiger partial charge is 0.310 e. The Hall–Kier alpha value is -1.84. The fraction of sp³-hybridized carbons (Fsp3) is 0.579. The van der Waals surface area contributed by atoms with E-state index in [4.69, 9.17) is 5.11 Å². The van der Waals surface area contributed by atoms with Crippen molar-refractivity contribution >= 4 is 17.6 Å². The zero-order valence-corrected chi connectivity index (χ0v) is 13.6. The number of hydrogen-bond donors (Lipinski definition) is 2. The first-order valence-electron chi connectivity index (χ1n) is 8.70. The summed E-state index contributed by atoms with van der Waals surface area (Å²) in [4.78, 5) is 23.5. The molecule has 4 heteroatoms. The first-order chi connectivity index (χ1) is 11.1. The van der Waals surface area contributed by atoms with Crippen molar-refractivity contribution in [3.63, 3.8) is 0 Å². The lowest BCUT2D eigenvalue weighted by Gasteiger charge is -2.21. The SMILES string of the molecule is CC(C(=O)O)c1cccc(NC(=O)C2CC2C2CCCCC2)c1. The van der Waals surface area contributed by atoms with Gasteiger partial charge in [0, 0.05) is 11.6 Å². The van der Waals surface area contributed by atoms with Gasteiger partial charge < -0.3 is 10.4 Å². The average molecular weight is 315 g/mol. The van der Waals surface area contributed by atoms with Crippen LogP contribution in [0.1, 0.15) is 56.9 Å². The molecule has 0 aromatic heterocycles. The van der Waals surface area contributed by atoms with Crippen LogP contribution in [0.25, 0.3) is 0 Å². The minimum absolute atomic E-state index is 0.0979. The molecule has 3 rings (SSSR count). The number of carbonyl (C=O) groups is 2. The normalized spacial score (nSPS) is 25.6. The second-order valence-corrected chi connectivity index (χ2v) is 7.08. The van der Waals surface area contributed by atoms with Gasteiger partial charge in [-0.2, -0.15) is 0 Å². The minimum Gasteiger partial charge on any atom is -0.481 e. The summed E-state index contributed by atoms with van der Waals surface area (Å²) in [5, 5.41) is 12.1. The maximum absolute atomic E-state index is 12.4. The van der Waals surface area contributed by atoms with Crippen LogP contribution in [0.15, 0.2) is 24.3 Å². The monoisotopic (exact) mass is 315 g/mol. The van der Waals surface area contributed by atoms with Gasteiger partial charge >= 0.3 is 5.97 Å². The Morgan fingerprint density at radius 2 is 1.96 bits per heavy atom. The summed E-state index contributed by atoms with van der Waals surface area (Å²) in [5.41, 5.74) is 1.42. The Labute approximate surface area is 137 Å². The van der Waals surface area contributed by atoms with E-state index in [0.29, 0.717) is 11.6 Å². The molecule has 1 amide bonds. The largest absolute Gasteiger partial charge is 0.481 e. The van der Waals surface area contributed by atoms with Crippen molar-refractivity contribution in [1.82, 2.24) is 0 Å². The van der Waals surface area contributed by atoms with Crippen molar-refractivity contribution in [3.05, 3.63) is 29.8 Å². The molecule has 1 aromatic rings. The van der Waals surface area contributed by atoms with Crippen LogP contribution in [0.3, 0.4) is 0 Å². The third-order valence-electron chi connectivity index (χ3n) is 5.46. The molecule has 124 valence electrons. The number of carboxylic acid groups (broad SMARTS) is 1. The molecule has 2 aliphatic rings. The molecule has 2 fully saturated rings. The maximum Gasteiger partial charge on any atom is 0.310 e. The predicted octanol–water partition coefficient (Wildman–Crippen LogP) is 4.03. The van der Waals surface area contributed by atoms with Crippen LogP contribution in [-0.2, 0) is 9.59 Å². The summed E-state index contributed by atoms with van der Waals surface area (Å²) in [6.07, 6.45) is 7.53. The third-order valence-corrected chi connectivity index (χ3v) is 5.46. The lowest BCUT2D eigenvalue weighted by molar-refractivity contribution is -0.138. The Balaban J connectivity index is 1.58. The van der Waals surface area contributed by atoms with Crippen LogP contribution < -0.4 is 5.32 Å². The summed E-state index contributed by atoms with van der Waals surface area (Å²) in [6.45, 7) is 1.66. The molecule has 23 heavy (non-hydrogen) atoms. The second kappa shape index (κ2) is 6.73. The number of carbonyl (C=O) groups excluding carboxylic acids is 1. The molecule has 0 heterocycles. The van der Waals surface area contributed by atoms with E-state index in [1.54, 1.807) is 25.1 Å². The molecule has 3 atom stereocenters. The Morgan fingerprint density at radius 1 is 1.22 bits per heavy atom. The number of rotatable bonds is 5. The van der Waals surface area contributed by atoms with Gasteiger partial charge in [0.05, 0.1) is 5.92 Å². The first kappa shape index (κ1) is 16.0. The van der Waals surface area contributed by atoms with Gasteiger partial charge in [-0.15, -0.1) is 0 Å². The predicted molar refractivity (Wildman–Crippen MR) is 89.3 cm³/mol. The maximum atomic E-state index is 12.4. The molecule has 1 aromatic carbocycles. The number of aliphatic carboxylic acids is 1. The van der Waals surface area contributed by atoms with E-state index < -0.39 is 11.9 Å². The van der Waals surface area contributed by atoms with E-state index in [9.17, 15) is 9.59 Å². The zero-order chi connectivity index (χ0) is 16.4. The molecular formula is C19H25NO3. The fourth-order valence-electron chi connectivity index (χ4n) is 3.86. The topological polar surface area (TPSA) is 66.4 Å². The average Bonchev–Trinajstić information content (AvgIpc) is 3.36. The Kier molecular flexibility index (Phi) is 4.69. The van der Waals surface area contributed by atoms with Gasteiger partial charge in [0.2, 0.25) is 5.91 Å². The Morgan fingerprint density at radius 3 is 2.65 bits per heavy atom. The fourth-order valence-corrected chi connectivity index (χ4v) is 3.86. The van der Waals surface area contributed by atoms with Crippen molar-refractivity contribution in [2.45, 2.75) is 51.4 Å². The molecule has 0 saturated heterocycles. The number of anilines is 1. The van der Waals surface area contributed by atoms with Gasteiger partial charge in [0.1, 0.15) is 0 Å². The van der Waals surface area contributed by atoms with Gasteiger partial charge in [-0.05, 0) is 42.9 Å². The second-order valence-electron chi connectivity index (χ2n) is 7.08. The summed E-state index contributed by atoms with van der Waals surface area (Å²) >= 11 is 0. The molecular weight excluding hydrogens is 290 g/mol. The summed E-state index contributed by atoms with van der Waals surface area (Å²) in [5.74, 6) is 0.129. The lowest BCUT2D eigenvalue weighted by atomic mass is 9.85. The number of nitrogens with one attached hydrogen (secondary N) is 1. The number of carboxylic acids is 1. The van der Waals surface area contributed by atoms with Crippen LogP contribution in [-0.4, -0.2) is 17.0 Å². The van der Waals surface area contributed by atoms with E-state index >= 15 is 0 Å². The van der Waals surface area contributed by atoms with Gasteiger partial charge in [0.25, 0.3) is 0 Å². The molecule has 4 nitrogen and oxygen atoms in total. The van der Waals surface area contributed by atoms with E-state index in [-0.39, 0.29) is 11.8 Å². The van der Waals surface area contributed by atoms with Gasteiger partial charge in [0.15, 0.2) is 0 Å². The summed E-state index contributed by atoms with van der Waals surface area (Å²) < 4.78 is 0. The van der Waals surface area contributed by atoms with Crippen LogP contribution in [0.4, 0.5) is 5.69 Å². The molecule has 0 radical (unpaired) electrons. The van der Waals surface area contributed by atoms with Crippen molar-refractivity contribution in [2.24, 2.45) is 17.8 Å². The molecule has 2 aliphatic carbocycles. The molecule has 0 aliphatic heterocycles. The highest BCUT2D eigenvalue weighted by molar-refractivity contribution is 5.94. The molecule has 3 unspecified atom stereocenters. The quantitative estimate of drug-likeness (QED) is 0.862. The van der Waals surface area contributed by atoms with Crippen LogP contribution in [0, 0.1) is 17.8 Å². The van der Waals surface area contributed by atoms with Crippen molar-refractivity contribution in [2.75, 3.05) is 5.32 Å². The van der Waals surface area contributed by atoms with Gasteiger partial charge in [-0.1, -0.05) is 44.2 Å². The zero-order valence-electron chi connectivity index (χ0n) is 13.6. The molecule has 2 saturated carbocycles. The molecule has 2 N–H and O–H groups in total. The third kappa shape index (κ3) is 3.74. The van der Waals surface area contributed by atoms with Gasteiger partial charge in [-0.3, -0.25) is 9.59 Å². The van der Waals surface area contributed by atoms with E-state index in [2.05, 4.69) is 5.32 Å². The summed E-state index contributed by atoms with van der Waals surface area (Å²) in [6, 6.07) is 7.19. The van der Waals surface area contributed by atoms with Crippen LogP contribution in [0.5, 0.6) is 0 Å². The van der Waals surface area contributed by atoms with Crippen LogP contribution >= 0.6 is 0 Å². The Bertz CT molecular complexity index is 592. The van der Waals surface area contributed by atoms with Crippen LogP contribution in [0.2, 0.25) is 0 Å². The van der Waals surface area contributed by atoms with Gasteiger partial charge in [-0.25, -0.2) is 0 Å². The number of amides is 1. The highest BCUT2D eigenvalue weighted by Crippen LogP contribution is 2.49. The molecule has 0 spiro atoms. The van der Waals surface area contributed by atoms with E-state index in [0.717, 1.165) is 17.9 Å². The van der Waals surface area contributed by atoms with Crippen molar-refractivity contribution in [1.29, 1.82) is 0 Å². The van der Waals surface area contributed by atoms with Crippen molar-refractivity contribution < 1.29 is 14.7 Å². The van der Waals surface area contributed by atoms with Crippen molar-refractivity contribution in [3.8, 4) is 0 Å². The highest BCUT2D eigenvalue weighted by Gasteiger charge is 2.47. The first-order valence-corrected chi connectivity index (χ1v) is 8.70. The number of benzene rings is 1. The standard InChI is InChI=1S/C19H25NO3/c1-12(19(22)23)14-8-5-9-15(10-14)20-18(21)17-11-16(17)13-6-3-2-4-7-13/h5,8-10,12-13,16-17H,2-4,6-7,11H2,1H3,(H,20,21)(H,22,23). The lowest BCUT2D eigenvalue weighted by Crippen LogP contribution is -2.18. The minimum atomic E-state index is -0.854. The van der Waals surface area contributed by atoms with E-state index in [1.165, 1.54) is 32.1 Å². The molecule has 0 bridgehead atoms.